The number of phenolic OH excluding ortho intramolecular Hbond substituents is 1. The highest BCUT2D eigenvalue weighted by molar-refractivity contribution is 5.83. The Hall–Kier alpha value is -3.07. The number of phenols is 1. The number of benzene rings is 3. The maximum absolute atomic E-state index is 9.59. The van der Waals surface area contributed by atoms with E-state index in [1.165, 1.54) is 33.4 Å². The molecular formula is C32H42N2O. The summed E-state index contributed by atoms with van der Waals surface area (Å²) in [7, 11) is 0. The van der Waals surface area contributed by atoms with Gasteiger partial charge in [0.25, 0.3) is 0 Å². The molecule has 0 aliphatic rings. The number of hydrogen-bond acceptors (Lipinski definition) is 3. The summed E-state index contributed by atoms with van der Waals surface area (Å²) in [6.45, 7) is 17.8. The first-order valence-corrected chi connectivity index (χ1v) is 12.9. The molecule has 3 nitrogen and oxygen atoms in total. The van der Waals surface area contributed by atoms with E-state index in [1.807, 2.05) is 18.3 Å². The number of hydrogen-bond donors (Lipinski definition) is 2. The van der Waals surface area contributed by atoms with Crippen LogP contribution in [-0.2, 0) is 6.42 Å². The van der Waals surface area contributed by atoms with E-state index in [0.717, 1.165) is 23.4 Å². The molecule has 3 aromatic rings. The van der Waals surface area contributed by atoms with Crippen molar-refractivity contribution in [3.05, 3.63) is 87.5 Å². The first-order valence-electron chi connectivity index (χ1n) is 12.9. The average Bonchev–Trinajstić information content (AvgIpc) is 2.79. The maximum atomic E-state index is 9.59. The van der Waals surface area contributed by atoms with Crippen LogP contribution in [0.1, 0.15) is 118 Å². The summed E-state index contributed by atoms with van der Waals surface area (Å²) < 4.78 is 0. The quantitative estimate of drug-likeness (QED) is 0.255. The molecule has 0 radical (unpaired) electrons. The van der Waals surface area contributed by atoms with Gasteiger partial charge in [-0.05, 0) is 93.3 Å². The van der Waals surface area contributed by atoms with Crippen molar-refractivity contribution < 1.29 is 5.11 Å². The van der Waals surface area contributed by atoms with E-state index in [9.17, 15) is 5.11 Å². The normalized spacial score (nSPS) is 12.1. The minimum absolute atomic E-state index is 0.265. The van der Waals surface area contributed by atoms with Crippen molar-refractivity contribution >= 4 is 17.6 Å². The summed E-state index contributed by atoms with van der Waals surface area (Å²) in [6.07, 6.45) is 2.77. The van der Waals surface area contributed by atoms with Crippen LogP contribution in [0, 0.1) is 0 Å². The lowest BCUT2D eigenvalue weighted by atomic mass is 9.86. The Bertz CT molecular complexity index is 1130. The summed E-state index contributed by atoms with van der Waals surface area (Å²) >= 11 is 0. The molecule has 3 heteroatoms. The van der Waals surface area contributed by atoms with Gasteiger partial charge in [0.2, 0.25) is 0 Å². The Kier molecular flexibility index (Phi) is 8.43. The molecule has 0 atom stereocenters. The highest BCUT2D eigenvalue weighted by atomic mass is 16.3. The summed E-state index contributed by atoms with van der Waals surface area (Å²) in [5.74, 6) is 1.75. The molecule has 0 bridgehead atoms. The minimum Gasteiger partial charge on any atom is -0.508 e. The molecule has 0 spiro atoms. The number of aromatic hydroxyl groups is 1. The minimum atomic E-state index is 0.265. The van der Waals surface area contributed by atoms with Crippen LogP contribution in [0.5, 0.6) is 5.75 Å². The Morgan fingerprint density at radius 3 is 1.49 bits per heavy atom. The van der Waals surface area contributed by atoms with Crippen molar-refractivity contribution in [2.45, 2.75) is 85.5 Å². The standard InChI is InChI=1S/C32H42N2O/c1-19(2)27-14-24(15-28(20(3)4)31(27)33)13-25-16-29(21(5)6)32(30(17-25)22(7)8)34-18-23-9-11-26(35)12-10-23/h9-12,14-22,35H,13,33H2,1-8H3/b34-18+. The van der Waals surface area contributed by atoms with Crippen molar-refractivity contribution in [2.75, 3.05) is 5.73 Å². The molecule has 0 unspecified atom stereocenters. The van der Waals surface area contributed by atoms with E-state index in [2.05, 4.69) is 79.7 Å². The SMILES string of the molecule is CC(C)c1cc(Cc2cc(C(C)C)c(/N=C/c3ccc(O)cc3)c(C(C)C)c2)cc(C(C)C)c1N. The van der Waals surface area contributed by atoms with E-state index in [-0.39, 0.29) is 5.75 Å². The van der Waals surface area contributed by atoms with Crippen molar-refractivity contribution in [3.63, 3.8) is 0 Å². The highest BCUT2D eigenvalue weighted by Crippen LogP contribution is 2.38. The van der Waals surface area contributed by atoms with Crippen LogP contribution in [0.15, 0.2) is 53.5 Å². The van der Waals surface area contributed by atoms with Crippen molar-refractivity contribution in [1.29, 1.82) is 0 Å². The molecule has 0 saturated heterocycles. The van der Waals surface area contributed by atoms with Gasteiger partial charge in [-0.15, -0.1) is 0 Å². The first-order chi connectivity index (χ1) is 16.5. The van der Waals surface area contributed by atoms with E-state index < -0.39 is 0 Å². The lowest BCUT2D eigenvalue weighted by molar-refractivity contribution is 0.475. The summed E-state index contributed by atoms with van der Waals surface area (Å²) in [6, 6.07) is 16.4. The van der Waals surface area contributed by atoms with Gasteiger partial charge in [-0.25, -0.2) is 0 Å². The molecule has 0 saturated carbocycles. The number of aliphatic imine (C=N–C) groups is 1. The third-order valence-corrected chi connectivity index (χ3v) is 6.66. The largest absolute Gasteiger partial charge is 0.508 e. The second-order valence-corrected chi connectivity index (χ2v) is 11.0. The smallest absolute Gasteiger partial charge is 0.115 e. The molecule has 0 amide bonds. The van der Waals surface area contributed by atoms with Gasteiger partial charge in [-0.1, -0.05) is 79.7 Å². The summed E-state index contributed by atoms with van der Waals surface area (Å²) in [4.78, 5) is 4.96. The molecule has 0 heterocycles. The van der Waals surface area contributed by atoms with Gasteiger partial charge in [0, 0.05) is 11.9 Å². The predicted octanol–water partition coefficient (Wildman–Crippen LogP) is 8.81. The monoisotopic (exact) mass is 470 g/mol. The molecule has 0 aromatic heterocycles. The van der Waals surface area contributed by atoms with Gasteiger partial charge in [0.15, 0.2) is 0 Å². The Morgan fingerprint density at radius 1 is 0.686 bits per heavy atom. The Balaban J connectivity index is 2.09. The van der Waals surface area contributed by atoms with Gasteiger partial charge in [-0.3, -0.25) is 4.99 Å². The Morgan fingerprint density at radius 2 is 1.09 bits per heavy atom. The molecule has 35 heavy (non-hydrogen) atoms. The number of nitrogens with two attached hydrogens (primary N) is 1. The molecule has 0 aliphatic carbocycles. The van der Waals surface area contributed by atoms with Gasteiger partial charge in [0.05, 0.1) is 5.69 Å². The third kappa shape index (κ3) is 6.33. The van der Waals surface area contributed by atoms with Crippen molar-refractivity contribution in [3.8, 4) is 5.75 Å². The van der Waals surface area contributed by atoms with Crippen LogP contribution in [0.3, 0.4) is 0 Å². The zero-order chi connectivity index (χ0) is 25.9. The second-order valence-electron chi connectivity index (χ2n) is 11.0. The number of nitrogen functional groups attached to an aromatic ring is 1. The number of rotatable bonds is 8. The van der Waals surface area contributed by atoms with Crippen LogP contribution >= 0.6 is 0 Å². The highest BCUT2D eigenvalue weighted by Gasteiger charge is 2.18. The average molecular weight is 471 g/mol. The molecule has 186 valence electrons. The zero-order valence-electron chi connectivity index (χ0n) is 22.7. The number of nitrogens with zero attached hydrogens (tertiary/aromatic N) is 1. The predicted molar refractivity (Wildman–Crippen MR) is 152 cm³/mol. The maximum Gasteiger partial charge on any atom is 0.115 e. The van der Waals surface area contributed by atoms with Crippen molar-refractivity contribution in [1.82, 2.24) is 0 Å². The topological polar surface area (TPSA) is 58.6 Å². The van der Waals surface area contributed by atoms with Crippen LogP contribution in [-0.4, -0.2) is 11.3 Å². The fraction of sp³-hybridized carbons (Fsp3) is 0.406. The zero-order valence-corrected chi connectivity index (χ0v) is 22.7. The lowest BCUT2D eigenvalue weighted by Crippen LogP contribution is -2.06. The fourth-order valence-electron chi connectivity index (χ4n) is 4.63. The molecule has 0 fully saturated rings. The lowest BCUT2D eigenvalue weighted by Gasteiger charge is -2.21. The summed E-state index contributed by atoms with van der Waals surface area (Å²) in [5.41, 5.74) is 17.2. The molecule has 3 N–H and O–H groups in total. The van der Waals surface area contributed by atoms with Crippen LogP contribution in [0.25, 0.3) is 0 Å². The van der Waals surface area contributed by atoms with E-state index >= 15 is 0 Å². The van der Waals surface area contributed by atoms with Gasteiger partial charge >= 0.3 is 0 Å². The van der Waals surface area contributed by atoms with Crippen LogP contribution in [0.2, 0.25) is 0 Å². The van der Waals surface area contributed by atoms with Gasteiger partial charge in [-0.2, -0.15) is 0 Å². The molecule has 3 rings (SSSR count). The van der Waals surface area contributed by atoms with E-state index in [0.29, 0.717) is 23.7 Å². The molecule has 0 aliphatic heterocycles. The molecule has 3 aromatic carbocycles. The van der Waals surface area contributed by atoms with Crippen molar-refractivity contribution in [2.24, 2.45) is 4.99 Å². The van der Waals surface area contributed by atoms with Gasteiger partial charge < -0.3 is 10.8 Å². The fourth-order valence-corrected chi connectivity index (χ4v) is 4.63. The number of anilines is 1. The Labute approximate surface area is 212 Å². The molecular weight excluding hydrogens is 428 g/mol. The van der Waals surface area contributed by atoms with Gasteiger partial charge in [0.1, 0.15) is 5.75 Å². The van der Waals surface area contributed by atoms with Crippen LogP contribution < -0.4 is 5.73 Å². The third-order valence-electron chi connectivity index (χ3n) is 6.66. The first kappa shape index (κ1) is 26.5. The van der Waals surface area contributed by atoms with Crippen LogP contribution in [0.4, 0.5) is 11.4 Å². The second kappa shape index (κ2) is 11.1. The summed E-state index contributed by atoms with van der Waals surface area (Å²) in [5, 5.41) is 9.59. The van der Waals surface area contributed by atoms with E-state index in [1.54, 1.807) is 12.1 Å². The van der Waals surface area contributed by atoms with E-state index in [4.69, 9.17) is 10.7 Å².